The predicted octanol–water partition coefficient (Wildman–Crippen LogP) is 3.44. The van der Waals surface area contributed by atoms with Crippen molar-refractivity contribution < 1.29 is 4.79 Å². The fraction of sp³-hybridized carbons (Fsp3) is 0.100. The van der Waals surface area contributed by atoms with Gasteiger partial charge in [0, 0.05) is 6.07 Å². The number of hydrogen-bond donors (Lipinski definition) is 1. The van der Waals surface area contributed by atoms with Gasteiger partial charge in [0.15, 0.2) is 0 Å². The van der Waals surface area contributed by atoms with E-state index in [0.717, 1.165) is 16.8 Å². The lowest BCUT2D eigenvalue weighted by Crippen LogP contribution is -2.17. The van der Waals surface area contributed by atoms with E-state index >= 15 is 0 Å². The second-order valence-corrected chi connectivity index (χ2v) is 6.01. The molecule has 4 rings (SSSR count). The first kappa shape index (κ1) is 16.0. The van der Waals surface area contributed by atoms with Gasteiger partial charge in [-0.3, -0.25) is 9.78 Å². The highest BCUT2D eigenvalue weighted by Gasteiger charge is 2.13. The third-order valence-electron chi connectivity index (χ3n) is 4.00. The average Bonchev–Trinajstić information content (AvgIpc) is 3.01. The Labute approximate surface area is 150 Å². The molecular formula is C20H17N5O. The number of aromatic nitrogens is 4. The molecule has 2 heterocycles. The van der Waals surface area contributed by atoms with Gasteiger partial charge in [0.1, 0.15) is 11.5 Å². The summed E-state index contributed by atoms with van der Waals surface area (Å²) in [5, 5.41) is 7.36. The molecule has 0 fully saturated rings. The van der Waals surface area contributed by atoms with Crippen LogP contribution in [-0.2, 0) is 6.54 Å². The van der Waals surface area contributed by atoms with Crippen LogP contribution in [0.5, 0.6) is 0 Å². The summed E-state index contributed by atoms with van der Waals surface area (Å²) < 4.78 is 1.77. The molecule has 0 unspecified atom stereocenters. The van der Waals surface area contributed by atoms with Crippen LogP contribution in [0.4, 0.5) is 5.82 Å². The van der Waals surface area contributed by atoms with Crippen molar-refractivity contribution >= 4 is 22.8 Å². The lowest BCUT2D eigenvalue weighted by atomic mass is 10.2. The SMILES string of the molecule is Cc1cc(NC(=O)c2cnc3ccccc3n2)n(Cc2ccccc2)n1. The lowest BCUT2D eigenvalue weighted by Gasteiger charge is -2.09. The van der Waals surface area contributed by atoms with Gasteiger partial charge in [0.2, 0.25) is 0 Å². The van der Waals surface area contributed by atoms with Crippen LogP contribution in [0.1, 0.15) is 21.7 Å². The summed E-state index contributed by atoms with van der Waals surface area (Å²) in [7, 11) is 0. The first-order valence-electron chi connectivity index (χ1n) is 8.30. The molecule has 1 N–H and O–H groups in total. The molecule has 0 aliphatic heterocycles. The molecule has 0 saturated heterocycles. The molecule has 26 heavy (non-hydrogen) atoms. The quantitative estimate of drug-likeness (QED) is 0.616. The maximum Gasteiger partial charge on any atom is 0.277 e. The highest BCUT2D eigenvalue weighted by Crippen LogP contribution is 2.15. The zero-order valence-corrected chi connectivity index (χ0v) is 14.3. The number of aryl methyl sites for hydroxylation is 1. The molecule has 6 heteroatoms. The van der Waals surface area contributed by atoms with Crippen LogP contribution in [-0.4, -0.2) is 25.7 Å². The van der Waals surface area contributed by atoms with Crippen LogP contribution >= 0.6 is 0 Å². The number of carbonyl (C=O) groups is 1. The Balaban J connectivity index is 1.59. The third kappa shape index (κ3) is 3.30. The first-order valence-corrected chi connectivity index (χ1v) is 8.30. The largest absolute Gasteiger partial charge is 0.305 e. The van der Waals surface area contributed by atoms with E-state index in [9.17, 15) is 4.79 Å². The molecule has 0 aliphatic carbocycles. The summed E-state index contributed by atoms with van der Waals surface area (Å²) in [6.07, 6.45) is 1.49. The number of nitrogens with zero attached hydrogens (tertiary/aromatic N) is 4. The number of para-hydroxylation sites is 2. The maximum absolute atomic E-state index is 12.6. The molecule has 0 aliphatic rings. The molecule has 4 aromatic rings. The van der Waals surface area contributed by atoms with Crippen molar-refractivity contribution in [2.75, 3.05) is 5.32 Å². The molecule has 1 amide bonds. The number of carbonyl (C=O) groups excluding carboxylic acids is 1. The summed E-state index contributed by atoms with van der Waals surface area (Å²) in [6, 6.07) is 19.3. The van der Waals surface area contributed by atoms with E-state index < -0.39 is 0 Å². The Bertz CT molecular complexity index is 1070. The maximum atomic E-state index is 12.6. The topological polar surface area (TPSA) is 72.7 Å². The fourth-order valence-electron chi connectivity index (χ4n) is 2.77. The first-order chi connectivity index (χ1) is 12.7. The van der Waals surface area contributed by atoms with E-state index in [1.807, 2.05) is 67.6 Å². The average molecular weight is 343 g/mol. The third-order valence-corrected chi connectivity index (χ3v) is 4.00. The van der Waals surface area contributed by atoms with Crippen LogP contribution in [0.2, 0.25) is 0 Å². The fourth-order valence-corrected chi connectivity index (χ4v) is 2.77. The van der Waals surface area contributed by atoms with Gasteiger partial charge in [0.25, 0.3) is 5.91 Å². The van der Waals surface area contributed by atoms with Crippen LogP contribution in [0.25, 0.3) is 11.0 Å². The van der Waals surface area contributed by atoms with Crippen LogP contribution < -0.4 is 5.32 Å². The molecule has 2 aromatic heterocycles. The van der Waals surface area contributed by atoms with E-state index in [1.165, 1.54) is 6.20 Å². The number of amides is 1. The van der Waals surface area contributed by atoms with Crippen LogP contribution in [0.15, 0.2) is 66.9 Å². The number of hydrogen-bond acceptors (Lipinski definition) is 4. The van der Waals surface area contributed by atoms with E-state index in [1.54, 1.807) is 4.68 Å². The minimum absolute atomic E-state index is 0.272. The van der Waals surface area contributed by atoms with Crippen molar-refractivity contribution in [1.82, 2.24) is 19.7 Å². The Morgan fingerprint density at radius 3 is 2.58 bits per heavy atom. The lowest BCUT2D eigenvalue weighted by molar-refractivity contribution is 0.102. The summed E-state index contributed by atoms with van der Waals surface area (Å²) in [4.78, 5) is 21.3. The van der Waals surface area contributed by atoms with Crippen molar-refractivity contribution in [3.8, 4) is 0 Å². The monoisotopic (exact) mass is 343 g/mol. The second-order valence-electron chi connectivity index (χ2n) is 6.01. The van der Waals surface area contributed by atoms with Gasteiger partial charge < -0.3 is 5.32 Å². The minimum atomic E-state index is -0.308. The van der Waals surface area contributed by atoms with E-state index in [2.05, 4.69) is 20.4 Å². The number of rotatable bonds is 4. The second kappa shape index (κ2) is 6.76. The minimum Gasteiger partial charge on any atom is -0.305 e. The van der Waals surface area contributed by atoms with Gasteiger partial charge in [-0.15, -0.1) is 0 Å². The number of fused-ring (bicyclic) bond motifs is 1. The van der Waals surface area contributed by atoms with Crippen LogP contribution in [0.3, 0.4) is 0 Å². The summed E-state index contributed by atoms with van der Waals surface area (Å²) in [5.41, 5.74) is 3.66. The molecule has 128 valence electrons. The summed E-state index contributed by atoms with van der Waals surface area (Å²) >= 11 is 0. The number of nitrogens with one attached hydrogen (secondary N) is 1. The Kier molecular flexibility index (Phi) is 4.15. The molecule has 0 spiro atoms. The van der Waals surface area contributed by atoms with Crippen LogP contribution in [0, 0.1) is 6.92 Å². The van der Waals surface area contributed by atoms with Gasteiger partial charge in [-0.1, -0.05) is 42.5 Å². The molecule has 2 aromatic carbocycles. The number of benzene rings is 2. The Morgan fingerprint density at radius 1 is 1.04 bits per heavy atom. The molecule has 0 radical (unpaired) electrons. The smallest absolute Gasteiger partial charge is 0.277 e. The highest BCUT2D eigenvalue weighted by atomic mass is 16.2. The molecule has 0 saturated carbocycles. The van der Waals surface area contributed by atoms with E-state index in [0.29, 0.717) is 17.9 Å². The van der Waals surface area contributed by atoms with Gasteiger partial charge in [-0.2, -0.15) is 5.10 Å². The molecule has 0 atom stereocenters. The summed E-state index contributed by atoms with van der Waals surface area (Å²) in [5.74, 6) is 0.323. The standard InChI is InChI=1S/C20H17N5O/c1-14-11-19(25(24-14)13-15-7-3-2-4-8-15)23-20(26)18-12-21-16-9-5-6-10-17(16)22-18/h2-12H,13H2,1H3,(H,23,26). The Hall–Kier alpha value is -3.54. The van der Waals surface area contributed by atoms with Crippen molar-refractivity contribution in [1.29, 1.82) is 0 Å². The normalized spacial score (nSPS) is 10.8. The van der Waals surface area contributed by atoms with Gasteiger partial charge in [-0.05, 0) is 24.6 Å². The van der Waals surface area contributed by atoms with Crippen molar-refractivity contribution in [2.24, 2.45) is 0 Å². The van der Waals surface area contributed by atoms with Crippen molar-refractivity contribution in [2.45, 2.75) is 13.5 Å². The Morgan fingerprint density at radius 2 is 1.77 bits per heavy atom. The van der Waals surface area contributed by atoms with Gasteiger partial charge >= 0.3 is 0 Å². The van der Waals surface area contributed by atoms with E-state index in [4.69, 9.17) is 0 Å². The zero-order valence-electron chi connectivity index (χ0n) is 14.3. The predicted molar refractivity (Wildman–Crippen MR) is 100.0 cm³/mol. The summed E-state index contributed by atoms with van der Waals surface area (Å²) in [6.45, 7) is 2.47. The van der Waals surface area contributed by atoms with Crippen molar-refractivity contribution in [3.63, 3.8) is 0 Å². The van der Waals surface area contributed by atoms with Gasteiger partial charge in [-0.25, -0.2) is 9.67 Å². The highest BCUT2D eigenvalue weighted by molar-refractivity contribution is 6.03. The van der Waals surface area contributed by atoms with Gasteiger partial charge in [0.05, 0.1) is 29.5 Å². The molecule has 0 bridgehead atoms. The van der Waals surface area contributed by atoms with Crippen molar-refractivity contribution in [3.05, 3.63) is 83.8 Å². The zero-order chi connectivity index (χ0) is 17.9. The van der Waals surface area contributed by atoms with E-state index in [-0.39, 0.29) is 11.6 Å². The molecule has 6 nitrogen and oxygen atoms in total. The molecular weight excluding hydrogens is 326 g/mol. The number of anilines is 1.